The van der Waals surface area contributed by atoms with Crippen molar-refractivity contribution < 1.29 is 14.5 Å². The van der Waals surface area contributed by atoms with Gasteiger partial charge in [0.1, 0.15) is 18.2 Å². The number of hydrogen-bond donors (Lipinski definition) is 1. The Morgan fingerprint density at radius 3 is 2.35 bits per heavy atom. The fourth-order valence-electron chi connectivity index (χ4n) is 2.80. The number of halogens is 4. The van der Waals surface area contributed by atoms with E-state index in [0.29, 0.717) is 15.6 Å². The molecular weight excluding hydrogens is 524 g/mol. The number of nitrogens with one attached hydrogen (secondary N) is 1. The molecule has 0 heterocycles. The Labute approximate surface area is 214 Å². The Morgan fingerprint density at radius 2 is 1.74 bits per heavy atom. The molecule has 3 rings (SSSR count). The van der Waals surface area contributed by atoms with Crippen molar-refractivity contribution in [3.8, 4) is 11.8 Å². The summed E-state index contributed by atoms with van der Waals surface area (Å²) in [6, 6.07) is 15.1. The zero-order chi connectivity index (χ0) is 24.8. The quantitative estimate of drug-likeness (QED) is 0.147. The molecule has 0 spiro atoms. The predicted octanol–water partition coefficient (Wildman–Crippen LogP) is 7.33. The molecule has 172 valence electrons. The lowest BCUT2D eigenvalue weighted by Crippen LogP contribution is -2.13. The van der Waals surface area contributed by atoms with Gasteiger partial charge in [-0.15, -0.1) is 0 Å². The average Bonchev–Trinajstić information content (AvgIpc) is 2.79. The number of anilines is 1. The first-order valence-corrected chi connectivity index (χ1v) is 10.9. The minimum atomic E-state index is -0.754. The van der Waals surface area contributed by atoms with E-state index in [9.17, 15) is 20.2 Å². The maximum Gasteiger partial charge on any atom is 0.271 e. The highest BCUT2D eigenvalue weighted by Crippen LogP contribution is 2.36. The summed E-state index contributed by atoms with van der Waals surface area (Å²) in [6.45, 7) is 0.126. The topological polar surface area (TPSA) is 105 Å². The number of carbonyl (C=O) groups is 1. The molecule has 0 aliphatic rings. The highest BCUT2D eigenvalue weighted by molar-refractivity contribution is 6.42. The van der Waals surface area contributed by atoms with Crippen LogP contribution in [0.15, 0.2) is 60.2 Å². The second-order valence-electron chi connectivity index (χ2n) is 6.78. The van der Waals surface area contributed by atoms with Gasteiger partial charge >= 0.3 is 0 Å². The van der Waals surface area contributed by atoms with Crippen molar-refractivity contribution in [2.75, 3.05) is 5.32 Å². The van der Waals surface area contributed by atoms with Crippen molar-refractivity contribution in [2.45, 2.75) is 6.61 Å². The summed E-state index contributed by atoms with van der Waals surface area (Å²) in [5, 5.41) is 23.9. The maximum absolute atomic E-state index is 12.5. The highest BCUT2D eigenvalue weighted by Gasteiger charge is 2.15. The fourth-order valence-corrected chi connectivity index (χ4v) is 3.73. The predicted molar refractivity (Wildman–Crippen MR) is 133 cm³/mol. The summed E-state index contributed by atoms with van der Waals surface area (Å²) >= 11 is 24.5. The first-order chi connectivity index (χ1) is 16.2. The first kappa shape index (κ1) is 25.3. The number of benzene rings is 3. The van der Waals surface area contributed by atoms with E-state index in [1.165, 1.54) is 42.5 Å². The number of nitriles is 1. The molecule has 0 saturated carbocycles. The molecule has 0 radical (unpaired) electrons. The molecule has 11 heteroatoms. The van der Waals surface area contributed by atoms with Crippen LogP contribution < -0.4 is 10.1 Å². The minimum Gasteiger partial charge on any atom is -0.486 e. The number of nitrogens with zero attached hydrogens (tertiary/aromatic N) is 2. The molecule has 1 amide bonds. The van der Waals surface area contributed by atoms with Crippen LogP contribution in [0.4, 0.5) is 11.4 Å². The van der Waals surface area contributed by atoms with Gasteiger partial charge in [-0.1, -0.05) is 58.5 Å². The zero-order valence-corrected chi connectivity index (χ0v) is 20.0. The Balaban J connectivity index is 1.77. The van der Waals surface area contributed by atoms with Crippen LogP contribution >= 0.6 is 46.4 Å². The van der Waals surface area contributed by atoms with Crippen molar-refractivity contribution in [1.29, 1.82) is 5.26 Å². The summed E-state index contributed by atoms with van der Waals surface area (Å²) in [5.74, 6) is -0.540. The third-order valence-corrected chi connectivity index (χ3v) is 5.68. The van der Waals surface area contributed by atoms with Gasteiger partial charge in [-0.05, 0) is 47.5 Å². The Bertz CT molecular complexity index is 1330. The molecule has 0 unspecified atom stereocenters. The van der Waals surface area contributed by atoms with Gasteiger partial charge in [0, 0.05) is 17.8 Å². The van der Waals surface area contributed by atoms with Gasteiger partial charge in [0.25, 0.3) is 11.6 Å². The number of nitro benzene ring substituents is 1. The Kier molecular flexibility index (Phi) is 8.37. The summed E-state index contributed by atoms with van der Waals surface area (Å²) in [5.41, 5.74) is 0.832. The molecule has 0 saturated heterocycles. The smallest absolute Gasteiger partial charge is 0.271 e. The van der Waals surface area contributed by atoms with E-state index in [2.05, 4.69) is 5.32 Å². The molecule has 0 fully saturated rings. The van der Waals surface area contributed by atoms with Crippen LogP contribution in [0.25, 0.3) is 6.08 Å². The lowest BCUT2D eigenvalue weighted by atomic mass is 10.1. The van der Waals surface area contributed by atoms with Crippen LogP contribution in [0.2, 0.25) is 20.1 Å². The molecule has 34 heavy (non-hydrogen) atoms. The molecule has 0 bridgehead atoms. The number of nitro groups is 1. The van der Waals surface area contributed by atoms with Crippen LogP contribution in [0, 0.1) is 21.4 Å². The van der Waals surface area contributed by atoms with Crippen LogP contribution in [0.5, 0.6) is 5.75 Å². The van der Waals surface area contributed by atoms with Gasteiger partial charge in [-0.3, -0.25) is 14.9 Å². The van der Waals surface area contributed by atoms with Gasteiger partial charge in [0.2, 0.25) is 0 Å². The molecule has 3 aromatic rings. The number of carbonyl (C=O) groups excluding carboxylic acids is 1. The van der Waals surface area contributed by atoms with E-state index in [4.69, 9.17) is 51.1 Å². The molecule has 0 aromatic heterocycles. The standard InChI is InChI=1S/C23H13Cl4N3O4/c24-18-5-4-13(7-19(18)25)12-34-22-20(26)8-14(9-21(22)27)6-15(11-28)23(31)29-16-2-1-3-17(10-16)30(32)33/h1-10H,12H2,(H,29,31)/b15-6+. The third kappa shape index (κ3) is 6.40. The zero-order valence-electron chi connectivity index (χ0n) is 17.0. The van der Waals surface area contributed by atoms with E-state index < -0.39 is 10.8 Å². The number of non-ortho nitro benzene ring substituents is 1. The summed E-state index contributed by atoms with van der Waals surface area (Å²) in [7, 11) is 0. The monoisotopic (exact) mass is 535 g/mol. The molecule has 7 nitrogen and oxygen atoms in total. The van der Waals surface area contributed by atoms with Crippen molar-refractivity contribution in [1.82, 2.24) is 0 Å². The SMILES string of the molecule is N#C/C(=C\c1cc(Cl)c(OCc2ccc(Cl)c(Cl)c2)c(Cl)c1)C(=O)Nc1cccc([N+](=O)[O-])c1. The van der Waals surface area contributed by atoms with Gasteiger partial charge in [-0.2, -0.15) is 5.26 Å². The second-order valence-corrected chi connectivity index (χ2v) is 8.41. The number of hydrogen-bond acceptors (Lipinski definition) is 5. The molecule has 0 aliphatic carbocycles. The van der Waals surface area contributed by atoms with Crippen LogP contribution in [-0.4, -0.2) is 10.8 Å². The third-order valence-electron chi connectivity index (χ3n) is 4.38. The van der Waals surface area contributed by atoms with Gasteiger partial charge in [-0.25, -0.2) is 0 Å². The van der Waals surface area contributed by atoms with Crippen molar-refractivity contribution >= 4 is 69.8 Å². The second kappa shape index (κ2) is 11.2. The van der Waals surface area contributed by atoms with Gasteiger partial charge in [0.05, 0.1) is 25.0 Å². The van der Waals surface area contributed by atoms with Crippen LogP contribution in [0.3, 0.4) is 0 Å². The maximum atomic E-state index is 12.5. The summed E-state index contributed by atoms with van der Waals surface area (Å²) < 4.78 is 5.71. The first-order valence-electron chi connectivity index (χ1n) is 9.41. The average molecular weight is 537 g/mol. The van der Waals surface area contributed by atoms with Crippen LogP contribution in [0.1, 0.15) is 11.1 Å². The summed E-state index contributed by atoms with van der Waals surface area (Å²) in [6.07, 6.45) is 1.28. The largest absolute Gasteiger partial charge is 0.486 e. The van der Waals surface area contributed by atoms with E-state index in [-0.39, 0.29) is 39.3 Å². The molecule has 0 aliphatic heterocycles. The number of rotatable bonds is 7. The fraction of sp³-hybridized carbons (Fsp3) is 0.0435. The number of amides is 1. The van der Waals surface area contributed by atoms with Crippen molar-refractivity contribution in [2.24, 2.45) is 0 Å². The molecule has 1 N–H and O–H groups in total. The van der Waals surface area contributed by atoms with Gasteiger partial charge < -0.3 is 10.1 Å². The minimum absolute atomic E-state index is 0.126. The van der Waals surface area contributed by atoms with Gasteiger partial charge in [0.15, 0.2) is 5.75 Å². The van der Waals surface area contributed by atoms with Crippen molar-refractivity contribution in [3.05, 3.63) is 102 Å². The molecular formula is C23H13Cl4N3O4. The highest BCUT2D eigenvalue weighted by atomic mass is 35.5. The van der Waals surface area contributed by atoms with E-state index >= 15 is 0 Å². The van der Waals surface area contributed by atoms with E-state index in [0.717, 1.165) is 5.56 Å². The normalized spacial score (nSPS) is 11.0. The molecule has 3 aromatic carbocycles. The van der Waals surface area contributed by atoms with E-state index in [1.807, 2.05) is 0 Å². The molecule has 0 atom stereocenters. The van der Waals surface area contributed by atoms with E-state index in [1.54, 1.807) is 24.3 Å². The van der Waals surface area contributed by atoms with Crippen LogP contribution in [-0.2, 0) is 11.4 Å². The Hall–Kier alpha value is -3.28. The van der Waals surface area contributed by atoms with Crippen molar-refractivity contribution in [3.63, 3.8) is 0 Å². The summed E-state index contributed by atoms with van der Waals surface area (Å²) in [4.78, 5) is 22.8. The number of ether oxygens (including phenoxy) is 1. The lowest BCUT2D eigenvalue weighted by molar-refractivity contribution is -0.384. The lowest BCUT2D eigenvalue weighted by Gasteiger charge is -2.12. The Morgan fingerprint density at radius 1 is 1.03 bits per heavy atom.